The number of likely N-dealkylation sites (tertiary alicyclic amines) is 1. The molecule has 0 aliphatic carbocycles. The van der Waals surface area contributed by atoms with E-state index in [-0.39, 0.29) is 12.4 Å². The van der Waals surface area contributed by atoms with Crippen LogP contribution in [-0.4, -0.2) is 46.6 Å². The number of aromatic nitrogens is 2. The minimum atomic E-state index is -0.351. The Kier molecular flexibility index (Phi) is 5.92. The molecule has 1 aliphatic heterocycles. The van der Waals surface area contributed by atoms with Crippen LogP contribution >= 0.6 is 0 Å². The first-order valence-corrected chi connectivity index (χ1v) is 9.99. The van der Waals surface area contributed by atoms with Gasteiger partial charge >= 0.3 is 0 Å². The molecule has 5 nitrogen and oxygen atoms in total. The van der Waals surface area contributed by atoms with Gasteiger partial charge < -0.3 is 9.84 Å². The number of aliphatic hydroxyl groups excluding tert-OH is 1. The normalized spacial score (nSPS) is 17.4. The van der Waals surface area contributed by atoms with Crippen molar-refractivity contribution in [3.05, 3.63) is 66.1 Å². The van der Waals surface area contributed by atoms with E-state index in [1.807, 2.05) is 41.2 Å². The molecule has 0 unspecified atom stereocenters. The first-order chi connectivity index (χ1) is 14.2. The fourth-order valence-electron chi connectivity index (χ4n) is 3.96. The first-order valence-electron chi connectivity index (χ1n) is 9.99. The third-order valence-corrected chi connectivity index (χ3v) is 5.50. The van der Waals surface area contributed by atoms with Gasteiger partial charge in [-0.2, -0.15) is 5.10 Å². The Morgan fingerprint density at radius 1 is 1.21 bits per heavy atom. The van der Waals surface area contributed by atoms with Crippen molar-refractivity contribution < 1.29 is 14.2 Å². The summed E-state index contributed by atoms with van der Waals surface area (Å²) in [6.07, 6.45) is 4.09. The number of rotatable bonds is 6. The molecule has 1 N–H and O–H groups in total. The van der Waals surface area contributed by atoms with Crippen molar-refractivity contribution in [3.8, 4) is 22.7 Å². The number of para-hydroxylation sites is 1. The van der Waals surface area contributed by atoms with Gasteiger partial charge in [0.15, 0.2) is 0 Å². The van der Waals surface area contributed by atoms with Gasteiger partial charge in [0, 0.05) is 43.1 Å². The third kappa shape index (κ3) is 4.33. The summed E-state index contributed by atoms with van der Waals surface area (Å²) in [5, 5.41) is 14.3. The second kappa shape index (κ2) is 8.76. The molecule has 6 heteroatoms. The van der Waals surface area contributed by atoms with E-state index in [9.17, 15) is 9.50 Å². The van der Waals surface area contributed by atoms with Gasteiger partial charge in [-0.05, 0) is 49.6 Å². The molecule has 0 amide bonds. The number of ether oxygens (including phenoxy) is 1. The average Bonchev–Trinajstić information content (AvgIpc) is 3.17. The largest absolute Gasteiger partial charge is 0.497 e. The molecule has 29 heavy (non-hydrogen) atoms. The van der Waals surface area contributed by atoms with E-state index in [1.165, 1.54) is 13.2 Å². The molecule has 1 aromatic heterocycles. The highest BCUT2D eigenvalue weighted by atomic mass is 19.1. The van der Waals surface area contributed by atoms with Gasteiger partial charge in [0.25, 0.3) is 0 Å². The number of hydrogen-bond acceptors (Lipinski definition) is 4. The smallest absolute Gasteiger partial charge is 0.136 e. The Labute approximate surface area is 170 Å². The van der Waals surface area contributed by atoms with Crippen LogP contribution in [0.25, 0.3) is 16.9 Å². The highest BCUT2D eigenvalue weighted by molar-refractivity contribution is 5.65. The maximum atomic E-state index is 14.8. The van der Waals surface area contributed by atoms with Crippen LogP contribution in [0.2, 0.25) is 0 Å². The predicted molar refractivity (Wildman–Crippen MR) is 111 cm³/mol. The molecular weight excluding hydrogens is 369 g/mol. The monoisotopic (exact) mass is 395 g/mol. The molecule has 1 fully saturated rings. The Hall–Kier alpha value is -2.70. The lowest BCUT2D eigenvalue weighted by Gasteiger charge is -2.31. The number of hydrogen-bond donors (Lipinski definition) is 1. The second-order valence-corrected chi connectivity index (χ2v) is 7.55. The number of aliphatic hydroxyl groups is 1. The lowest BCUT2D eigenvalue weighted by Crippen LogP contribution is -2.36. The topological polar surface area (TPSA) is 50.5 Å². The second-order valence-electron chi connectivity index (χ2n) is 7.55. The van der Waals surface area contributed by atoms with Gasteiger partial charge in [0.2, 0.25) is 0 Å². The number of methoxy groups -OCH3 is 1. The van der Waals surface area contributed by atoms with Crippen molar-refractivity contribution >= 4 is 0 Å². The van der Waals surface area contributed by atoms with Crippen molar-refractivity contribution in [1.29, 1.82) is 0 Å². The summed E-state index contributed by atoms with van der Waals surface area (Å²) >= 11 is 0. The molecule has 1 saturated heterocycles. The lowest BCUT2D eigenvalue weighted by molar-refractivity contribution is 0.116. The van der Waals surface area contributed by atoms with Crippen molar-refractivity contribution in [1.82, 2.24) is 14.7 Å². The molecule has 0 bridgehead atoms. The van der Waals surface area contributed by atoms with Gasteiger partial charge in [-0.1, -0.05) is 18.2 Å². The molecule has 3 aromatic rings. The highest BCUT2D eigenvalue weighted by Gasteiger charge is 2.23. The van der Waals surface area contributed by atoms with E-state index >= 15 is 0 Å². The summed E-state index contributed by atoms with van der Waals surface area (Å²) in [6.45, 7) is 2.69. The minimum absolute atomic E-state index is 0.208. The summed E-state index contributed by atoms with van der Waals surface area (Å²) in [5.41, 5.74) is 3.00. The maximum absolute atomic E-state index is 14.8. The van der Waals surface area contributed by atoms with Gasteiger partial charge in [-0.3, -0.25) is 4.90 Å². The van der Waals surface area contributed by atoms with Gasteiger partial charge in [0.1, 0.15) is 17.3 Å². The molecule has 0 saturated carbocycles. The summed E-state index contributed by atoms with van der Waals surface area (Å²) < 4.78 is 21.8. The fourth-order valence-corrected chi connectivity index (χ4v) is 3.96. The molecule has 152 valence electrons. The number of halogens is 1. The Morgan fingerprint density at radius 2 is 2.03 bits per heavy atom. The molecule has 0 spiro atoms. The standard InChI is InChI=1S/C23H26FN3O2/c1-29-20-9-10-21(22(24)12-20)23-18(14-26-11-5-6-17(13-26)16-28)15-27(25-23)19-7-3-2-4-8-19/h2-4,7-10,12,15,17,28H,5-6,11,13-14,16H2,1H3/t17-/m0/s1. The van der Waals surface area contributed by atoms with E-state index in [4.69, 9.17) is 9.84 Å². The Bertz CT molecular complexity index is 958. The maximum Gasteiger partial charge on any atom is 0.136 e. The third-order valence-electron chi connectivity index (χ3n) is 5.50. The SMILES string of the molecule is COc1ccc(-c2nn(-c3ccccc3)cc2CN2CCC[C@H](CO)C2)c(F)c1. The van der Waals surface area contributed by atoms with Crippen LogP contribution in [0.15, 0.2) is 54.7 Å². The van der Waals surface area contributed by atoms with E-state index in [2.05, 4.69) is 4.90 Å². The van der Waals surface area contributed by atoms with E-state index in [1.54, 1.807) is 12.1 Å². The number of piperidine rings is 1. The average molecular weight is 395 g/mol. The van der Waals surface area contributed by atoms with E-state index < -0.39 is 0 Å². The zero-order chi connectivity index (χ0) is 20.2. The fraction of sp³-hybridized carbons (Fsp3) is 0.348. The van der Waals surface area contributed by atoms with Gasteiger partial charge in [0.05, 0.1) is 12.8 Å². The minimum Gasteiger partial charge on any atom is -0.497 e. The van der Waals surface area contributed by atoms with Crippen LogP contribution in [-0.2, 0) is 6.54 Å². The van der Waals surface area contributed by atoms with Crippen molar-refractivity contribution in [3.63, 3.8) is 0 Å². The van der Waals surface area contributed by atoms with Crippen molar-refractivity contribution in [2.24, 2.45) is 5.92 Å². The van der Waals surface area contributed by atoms with Crippen LogP contribution in [0.1, 0.15) is 18.4 Å². The van der Waals surface area contributed by atoms with E-state index in [0.717, 1.165) is 37.2 Å². The predicted octanol–water partition coefficient (Wildman–Crippen LogP) is 3.89. The van der Waals surface area contributed by atoms with Gasteiger partial charge in [-0.15, -0.1) is 0 Å². The van der Waals surface area contributed by atoms with Crippen LogP contribution in [0.4, 0.5) is 4.39 Å². The molecule has 2 aromatic carbocycles. The molecule has 1 aliphatic rings. The summed E-state index contributed by atoms with van der Waals surface area (Å²) in [6, 6.07) is 14.7. The molecule has 1 atom stereocenters. The van der Waals surface area contributed by atoms with E-state index in [0.29, 0.717) is 29.5 Å². The molecule has 0 radical (unpaired) electrons. The quantitative estimate of drug-likeness (QED) is 0.688. The lowest BCUT2D eigenvalue weighted by atomic mass is 9.98. The number of nitrogens with zero attached hydrogens (tertiary/aromatic N) is 3. The van der Waals surface area contributed by atoms with Crippen LogP contribution in [0.5, 0.6) is 5.75 Å². The highest BCUT2D eigenvalue weighted by Crippen LogP contribution is 2.30. The number of benzene rings is 2. The molecular formula is C23H26FN3O2. The zero-order valence-corrected chi connectivity index (χ0v) is 16.6. The summed E-state index contributed by atoms with van der Waals surface area (Å²) in [4.78, 5) is 2.32. The molecule has 4 rings (SSSR count). The summed E-state index contributed by atoms with van der Waals surface area (Å²) in [5.74, 6) is 0.432. The molecule has 2 heterocycles. The van der Waals surface area contributed by atoms with Gasteiger partial charge in [-0.25, -0.2) is 9.07 Å². The first kappa shape index (κ1) is 19.6. The van der Waals surface area contributed by atoms with Crippen LogP contribution < -0.4 is 4.74 Å². The Balaban J connectivity index is 1.71. The zero-order valence-electron chi connectivity index (χ0n) is 16.6. The Morgan fingerprint density at radius 3 is 2.76 bits per heavy atom. The van der Waals surface area contributed by atoms with Crippen molar-refractivity contribution in [2.75, 3.05) is 26.8 Å². The summed E-state index contributed by atoms with van der Waals surface area (Å²) in [7, 11) is 1.53. The van der Waals surface area contributed by atoms with Crippen LogP contribution in [0, 0.1) is 11.7 Å². The van der Waals surface area contributed by atoms with Crippen LogP contribution in [0.3, 0.4) is 0 Å². The van der Waals surface area contributed by atoms with Crippen molar-refractivity contribution in [2.45, 2.75) is 19.4 Å².